The molecule has 0 bridgehead atoms. The summed E-state index contributed by atoms with van der Waals surface area (Å²) in [6.07, 6.45) is 0. The largest absolute Gasteiger partial charge is 0.461 e. The Bertz CT molecular complexity index is 254. The quantitative estimate of drug-likeness (QED) is 0.709. The van der Waals surface area contributed by atoms with Crippen LogP contribution >= 0.6 is 11.5 Å². The monoisotopic (exact) mass is 188 g/mol. The lowest BCUT2D eigenvalue weighted by molar-refractivity contribution is 0.229. The average molecular weight is 188 g/mol. The molecule has 0 spiro atoms. The Hall–Kier alpha value is -0.880. The van der Waals surface area contributed by atoms with Gasteiger partial charge in [0.15, 0.2) is 0 Å². The van der Waals surface area contributed by atoms with Crippen LogP contribution in [0, 0.1) is 0 Å². The maximum Gasteiger partial charge on any atom is 0.330 e. The molecule has 0 radical (unpaired) electrons. The molecule has 0 aromatic carbocycles. The zero-order valence-electron chi connectivity index (χ0n) is 7.07. The van der Waals surface area contributed by atoms with Gasteiger partial charge in [0.25, 0.3) is 0 Å². The molecule has 1 heterocycles. The van der Waals surface area contributed by atoms with Crippen molar-refractivity contribution in [3.05, 3.63) is 0 Å². The van der Waals surface area contributed by atoms with Gasteiger partial charge in [-0.05, 0) is 13.8 Å². The Morgan fingerprint density at radius 2 is 2.25 bits per heavy atom. The Kier molecular flexibility index (Phi) is 2.49. The number of aromatic nitrogens is 2. The minimum atomic E-state index is -0.375. The Morgan fingerprint density at radius 3 is 2.67 bits per heavy atom. The summed E-state index contributed by atoms with van der Waals surface area (Å²) in [6, 6.07) is 0.302. The van der Waals surface area contributed by atoms with Crippen molar-refractivity contribution in [2.24, 2.45) is 5.73 Å². The molecule has 12 heavy (non-hydrogen) atoms. The standard InChI is InChI=1S/C6H12N4OS/c1-6(2,8)3-11-5-9-4(7)12-10-5/h3,8H2,1-2H3,(H2,7,9,10). The van der Waals surface area contributed by atoms with Gasteiger partial charge in [0, 0.05) is 17.1 Å². The van der Waals surface area contributed by atoms with Crippen molar-refractivity contribution in [3.8, 4) is 6.01 Å². The molecule has 6 heteroatoms. The second kappa shape index (κ2) is 3.24. The average Bonchev–Trinajstić information content (AvgIpc) is 2.30. The van der Waals surface area contributed by atoms with Gasteiger partial charge in [0.05, 0.1) is 0 Å². The van der Waals surface area contributed by atoms with Crippen LogP contribution in [0.1, 0.15) is 13.8 Å². The van der Waals surface area contributed by atoms with Crippen LogP contribution in [0.3, 0.4) is 0 Å². The van der Waals surface area contributed by atoms with Crippen molar-refractivity contribution in [1.82, 2.24) is 9.36 Å². The Labute approximate surface area is 74.9 Å². The number of rotatable bonds is 3. The number of nitrogens with two attached hydrogens (primary N) is 2. The third-order valence-electron chi connectivity index (χ3n) is 0.996. The molecule has 4 N–H and O–H groups in total. The van der Waals surface area contributed by atoms with Crippen LogP contribution in [0.15, 0.2) is 0 Å². The smallest absolute Gasteiger partial charge is 0.330 e. The zero-order valence-corrected chi connectivity index (χ0v) is 7.89. The van der Waals surface area contributed by atoms with Crippen molar-refractivity contribution in [3.63, 3.8) is 0 Å². The van der Waals surface area contributed by atoms with Gasteiger partial charge >= 0.3 is 6.01 Å². The molecule has 0 aliphatic rings. The van der Waals surface area contributed by atoms with Gasteiger partial charge in [0.2, 0.25) is 5.13 Å². The van der Waals surface area contributed by atoms with Crippen LogP contribution in [-0.4, -0.2) is 21.5 Å². The summed E-state index contributed by atoms with van der Waals surface area (Å²) in [5, 5.41) is 0.403. The lowest BCUT2D eigenvalue weighted by atomic mass is 10.1. The van der Waals surface area contributed by atoms with Gasteiger partial charge < -0.3 is 16.2 Å². The molecule has 68 valence electrons. The first-order valence-corrected chi connectivity index (χ1v) is 4.25. The summed E-state index contributed by atoms with van der Waals surface area (Å²) in [7, 11) is 0. The Morgan fingerprint density at radius 1 is 1.58 bits per heavy atom. The van der Waals surface area contributed by atoms with Crippen LogP contribution in [0.2, 0.25) is 0 Å². The highest BCUT2D eigenvalue weighted by Gasteiger charge is 2.12. The van der Waals surface area contributed by atoms with E-state index < -0.39 is 0 Å². The molecule has 5 nitrogen and oxygen atoms in total. The van der Waals surface area contributed by atoms with E-state index in [4.69, 9.17) is 16.2 Å². The lowest BCUT2D eigenvalue weighted by Gasteiger charge is -2.16. The molecule has 0 saturated carbocycles. The third kappa shape index (κ3) is 3.02. The summed E-state index contributed by atoms with van der Waals surface area (Å²) in [5.74, 6) is 0. The minimum Gasteiger partial charge on any atom is -0.461 e. The van der Waals surface area contributed by atoms with Crippen LogP contribution < -0.4 is 16.2 Å². The van der Waals surface area contributed by atoms with E-state index in [1.807, 2.05) is 13.8 Å². The first-order valence-electron chi connectivity index (χ1n) is 3.48. The Balaban J connectivity index is 2.44. The summed E-state index contributed by atoms with van der Waals surface area (Å²) in [6.45, 7) is 4.11. The molecule has 0 aliphatic heterocycles. The maximum atomic E-state index is 5.68. The van der Waals surface area contributed by atoms with Gasteiger partial charge in [-0.15, -0.1) is 4.37 Å². The predicted octanol–water partition coefficient (Wildman–Crippen LogP) is 0.236. The van der Waals surface area contributed by atoms with Crippen molar-refractivity contribution < 1.29 is 4.74 Å². The summed E-state index contributed by atoms with van der Waals surface area (Å²) in [5.41, 5.74) is 10.7. The van der Waals surface area contributed by atoms with Gasteiger partial charge in [-0.2, -0.15) is 4.98 Å². The predicted molar refractivity (Wildman–Crippen MR) is 48.1 cm³/mol. The second-order valence-corrected chi connectivity index (χ2v) is 3.98. The van der Waals surface area contributed by atoms with Crippen molar-refractivity contribution in [2.75, 3.05) is 12.3 Å². The van der Waals surface area contributed by atoms with Crippen LogP contribution in [-0.2, 0) is 0 Å². The number of ether oxygens (including phenoxy) is 1. The van der Waals surface area contributed by atoms with Gasteiger partial charge in [-0.1, -0.05) is 0 Å². The third-order valence-corrected chi connectivity index (χ3v) is 1.52. The summed E-state index contributed by atoms with van der Waals surface area (Å²) < 4.78 is 9.02. The molecular weight excluding hydrogens is 176 g/mol. The molecular formula is C6H12N4OS. The van der Waals surface area contributed by atoms with Gasteiger partial charge in [-0.3, -0.25) is 0 Å². The highest BCUT2D eigenvalue weighted by Crippen LogP contribution is 2.12. The van der Waals surface area contributed by atoms with Crippen LogP contribution in [0.5, 0.6) is 6.01 Å². The molecule has 0 atom stereocenters. The fourth-order valence-corrected chi connectivity index (χ4v) is 0.914. The maximum absolute atomic E-state index is 5.68. The molecule has 1 rings (SSSR count). The highest BCUT2D eigenvalue weighted by molar-refractivity contribution is 7.09. The SMILES string of the molecule is CC(C)(N)COc1nsc(N)n1. The number of nitrogens with zero attached hydrogens (tertiary/aromatic N) is 2. The highest BCUT2D eigenvalue weighted by atomic mass is 32.1. The first-order chi connectivity index (χ1) is 5.47. The summed E-state index contributed by atoms with van der Waals surface area (Å²) >= 11 is 1.11. The van der Waals surface area contributed by atoms with E-state index in [-0.39, 0.29) is 5.54 Å². The first kappa shape index (κ1) is 9.21. The van der Waals surface area contributed by atoms with E-state index in [1.54, 1.807) is 0 Å². The number of hydrogen-bond donors (Lipinski definition) is 2. The molecule has 0 unspecified atom stereocenters. The fraction of sp³-hybridized carbons (Fsp3) is 0.667. The van der Waals surface area contributed by atoms with Crippen LogP contribution in [0.25, 0.3) is 0 Å². The van der Waals surface area contributed by atoms with Crippen molar-refractivity contribution in [2.45, 2.75) is 19.4 Å². The molecule has 0 saturated heterocycles. The normalized spacial score (nSPS) is 11.6. The molecule has 1 aromatic heterocycles. The van der Waals surface area contributed by atoms with E-state index in [1.165, 1.54) is 0 Å². The number of hydrogen-bond acceptors (Lipinski definition) is 6. The topological polar surface area (TPSA) is 87.0 Å². The van der Waals surface area contributed by atoms with E-state index in [2.05, 4.69) is 9.36 Å². The lowest BCUT2D eigenvalue weighted by Crippen LogP contribution is -2.38. The molecule has 0 aliphatic carbocycles. The van der Waals surface area contributed by atoms with Crippen molar-refractivity contribution in [1.29, 1.82) is 0 Å². The zero-order chi connectivity index (χ0) is 9.19. The minimum absolute atomic E-state index is 0.302. The molecule has 0 fully saturated rings. The fourth-order valence-electron chi connectivity index (χ4n) is 0.530. The van der Waals surface area contributed by atoms with E-state index in [0.29, 0.717) is 17.7 Å². The van der Waals surface area contributed by atoms with Gasteiger partial charge in [0.1, 0.15) is 6.61 Å². The summed E-state index contributed by atoms with van der Waals surface area (Å²) in [4.78, 5) is 3.82. The van der Waals surface area contributed by atoms with E-state index >= 15 is 0 Å². The molecule has 0 amide bonds. The van der Waals surface area contributed by atoms with E-state index in [9.17, 15) is 0 Å². The second-order valence-electron chi connectivity index (χ2n) is 3.19. The van der Waals surface area contributed by atoms with E-state index in [0.717, 1.165) is 11.5 Å². The number of anilines is 1. The molecule has 1 aromatic rings. The van der Waals surface area contributed by atoms with Crippen LogP contribution in [0.4, 0.5) is 5.13 Å². The number of nitrogen functional groups attached to an aromatic ring is 1. The van der Waals surface area contributed by atoms with Crippen molar-refractivity contribution >= 4 is 16.7 Å². The van der Waals surface area contributed by atoms with Gasteiger partial charge in [-0.25, -0.2) is 0 Å².